The Morgan fingerprint density at radius 2 is 1.15 bits per heavy atom. The quantitative estimate of drug-likeness (QED) is 0.178. The van der Waals surface area contributed by atoms with Gasteiger partial charge in [-0.2, -0.15) is 5.26 Å². The molecule has 0 radical (unpaired) electrons. The van der Waals surface area contributed by atoms with Crippen LogP contribution in [0.4, 0.5) is 0 Å². The molecule has 0 aliphatic heterocycles. The monoisotopic (exact) mass is 684 g/mol. The van der Waals surface area contributed by atoms with Gasteiger partial charge in [-0.1, -0.05) is 109 Å². The maximum atomic E-state index is 9.92. The first-order valence-electron chi connectivity index (χ1n) is 16.7. The van der Waals surface area contributed by atoms with Crippen molar-refractivity contribution >= 4 is 53.6 Å². The zero-order valence-electron chi connectivity index (χ0n) is 27.4. The molecule has 0 aliphatic rings. The van der Waals surface area contributed by atoms with Gasteiger partial charge in [0.15, 0.2) is 23.3 Å². The lowest BCUT2D eigenvalue weighted by Crippen LogP contribution is -2.00. The second kappa shape index (κ2) is 12.1. The van der Waals surface area contributed by atoms with Crippen molar-refractivity contribution in [2.24, 2.45) is 0 Å². The van der Waals surface area contributed by atoms with Crippen LogP contribution in [0.25, 0.3) is 99.1 Å². The molecule has 0 unspecified atom stereocenters. The fourth-order valence-corrected chi connectivity index (χ4v) is 7.92. The zero-order valence-corrected chi connectivity index (χ0v) is 28.2. The van der Waals surface area contributed by atoms with Gasteiger partial charge in [0.1, 0.15) is 11.2 Å². The highest BCUT2D eigenvalue weighted by atomic mass is 32.1. The Bertz CT molecular complexity index is 2980. The van der Waals surface area contributed by atoms with Gasteiger partial charge < -0.3 is 4.42 Å². The third-order valence-electron chi connectivity index (χ3n) is 9.22. The molecule has 6 aromatic carbocycles. The van der Waals surface area contributed by atoms with Gasteiger partial charge in [0.25, 0.3) is 0 Å². The summed E-state index contributed by atoms with van der Waals surface area (Å²) in [6.45, 7) is 0. The number of nitriles is 1. The molecule has 10 aromatic rings. The summed E-state index contributed by atoms with van der Waals surface area (Å²) >= 11 is 1.66. The van der Waals surface area contributed by atoms with E-state index in [-0.39, 0.29) is 0 Å². The molecule has 52 heavy (non-hydrogen) atoms. The minimum absolute atomic E-state index is 0.508. The number of furan rings is 1. The van der Waals surface area contributed by atoms with Crippen LogP contribution in [0.2, 0.25) is 0 Å². The van der Waals surface area contributed by atoms with Crippen molar-refractivity contribution in [1.29, 1.82) is 5.26 Å². The average molecular weight is 685 g/mol. The van der Waals surface area contributed by atoms with E-state index in [9.17, 15) is 5.26 Å². The molecular formula is C44H24N6OS. The highest BCUT2D eigenvalue weighted by Gasteiger charge is 2.21. The largest absolute Gasteiger partial charge is 0.456 e. The first-order chi connectivity index (χ1) is 25.7. The van der Waals surface area contributed by atoms with Crippen molar-refractivity contribution in [2.45, 2.75) is 0 Å². The summed E-state index contributed by atoms with van der Waals surface area (Å²) in [7, 11) is 0. The summed E-state index contributed by atoms with van der Waals surface area (Å²) in [4.78, 5) is 25.1. The first-order valence-corrected chi connectivity index (χ1v) is 17.6. The highest BCUT2D eigenvalue weighted by Crippen LogP contribution is 2.42. The molecule has 0 N–H and O–H groups in total. The number of aromatic nitrogens is 5. The second-order valence-corrected chi connectivity index (χ2v) is 13.4. The third-order valence-corrected chi connectivity index (χ3v) is 10.4. The second-order valence-electron chi connectivity index (χ2n) is 12.4. The molecule has 0 saturated heterocycles. The zero-order chi connectivity index (χ0) is 34.6. The van der Waals surface area contributed by atoms with Crippen LogP contribution in [0.3, 0.4) is 0 Å². The Hall–Kier alpha value is -7.08. The maximum Gasteiger partial charge on any atom is 0.164 e. The lowest BCUT2D eigenvalue weighted by atomic mass is 10.0. The number of hydrogen-bond donors (Lipinski definition) is 0. The summed E-state index contributed by atoms with van der Waals surface area (Å²) in [6, 6.07) is 50.1. The molecule has 0 fully saturated rings. The number of hydrogen-bond acceptors (Lipinski definition) is 8. The molecule has 242 valence electrons. The van der Waals surface area contributed by atoms with E-state index in [1.54, 1.807) is 17.4 Å². The molecule has 0 aliphatic carbocycles. The minimum Gasteiger partial charge on any atom is -0.456 e. The molecular weight excluding hydrogens is 661 g/mol. The Morgan fingerprint density at radius 3 is 1.92 bits per heavy atom. The SMILES string of the molecule is N#Cc1ccccc1-c1nc(-c2ccc3c(c2)oc2cccc(-c4nc(-c5ccccc5)nc(-c5ccccc5)n4)c23)c2sc3ccccc3c2n1. The van der Waals surface area contributed by atoms with E-state index in [1.807, 2.05) is 115 Å². The molecule has 0 bridgehead atoms. The Kier molecular flexibility index (Phi) is 6.91. The smallest absolute Gasteiger partial charge is 0.164 e. The number of benzene rings is 6. The Morgan fingerprint density at radius 1 is 0.500 bits per heavy atom. The fourth-order valence-electron chi connectivity index (χ4n) is 6.77. The number of rotatable bonds is 5. The van der Waals surface area contributed by atoms with Crippen LogP contribution in [-0.4, -0.2) is 24.9 Å². The van der Waals surface area contributed by atoms with Gasteiger partial charge in [0, 0.05) is 48.7 Å². The van der Waals surface area contributed by atoms with Crippen molar-refractivity contribution in [2.75, 3.05) is 0 Å². The van der Waals surface area contributed by atoms with Crippen molar-refractivity contribution in [1.82, 2.24) is 24.9 Å². The van der Waals surface area contributed by atoms with E-state index in [2.05, 4.69) is 30.3 Å². The number of thiophene rings is 1. The molecule has 0 saturated carbocycles. The molecule has 4 heterocycles. The van der Waals surface area contributed by atoms with Crippen LogP contribution in [0.5, 0.6) is 0 Å². The van der Waals surface area contributed by atoms with Gasteiger partial charge >= 0.3 is 0 Å². The van der Waals surface area contributed by atoms with Crippen LogP contribution in [-0.2, 0) is 0 Å². The maximum absolute atomic E-state index is 9.92. The van der Waals surface area contributed by atoms with Crippen LogP contribution in [0.15, 0.2) is 150 Å². The average Bonchev–Trinajstić information content (AvgIpc) is 3.79. The van der Waals surface area contributed by atoms with Crippen molar-refractivity contribution in [3.05, 3.63) is 151 Å². The standard InChI is InChI=1S/C44H24N6OS/c45-25-29-16-7-8-17-30(29)43-46-38(40-39(47-43)32-18-9-10-21-36(32)52-40)28-22-23-31-35(24-28)51-34-20-11-19-33(37(31)34)44-49-41(26-12-3-1-4-13-26)48-42(50-44)27-14-5-2-6-15-27/h1-24H. The highest BCUT2D eigenvalue weighted by molar-refractivity contribution is 7.26. The summed E-state index contributed by atoms with van der Waals surface area (Å²) in [5.74, 6) is 2.27. The summed E-state index contributed by atoms with van der Waals surface area (Å²) in [5.41, 5.74) is 7.87. The van der Waals surface area contributed by atoms with E-state index in [4.69, 9.17) is 29.3 Å². The van der Waals surface area contributed by atoms with Crippen molar-refractivity contribution in [3.8, 4) is 62.9 Å². The lowest BCUT2D eigenvalue weighted by molar-refractivity contribution is 0.669. The van der Waals surface area contributed by atoms with E-state index in [1.165, 1.54) is 0 Å². The van der Waals surface area contributed by atoms with Gasteiger partial charge in [-0.3, -0.25) is 0 Å². The Labute approximate surface area is 301 Å². The predicted molar refractivity (Wildman–Crippen MR) is 207 cm³/mol. The molecule has 4 aromatic heterocycles. The lowest BCUT2D eigenvalue weighted by Gasteiger charge is -2.09. The van der Waals surface area contributed by atoms with Crippen LogP contribution in [0, 0.1) is 11.3 Å². The van der Waals surface area contributed by atoms with Crippen LogP contribution < -0.4 is 0 Å². The van der Waals surface area contributed by atoms with E-state index >= 15 is 0 Å². The van der Waals surface area contributed by atoms with Gasteiger partial charge in [-0.15, -0.1) is 11.3 Å². The van der Waals surface area contributed by atoms with Crippen molar-refractivity contribution in [3.63, 3.8) is 0 Å². The summed E-state index contributed by atoms with van der Waals surface area (Å²) < 4.78 is 8.67. The van der Waals surface area contributed by atoms with Gasteiger partial charge in [-0.05, 0) is 36.4 Å². The fraction of sp³-hybridized carbons (Fsp3) is 0. The molecule has 0 amide bonds. The van der Waals surface area contributed by atoms with E-state index in [0.717, 1.165) is 64.6 Å². The normalized spacial score (nSPS) is 11.4. The van der Waals surface area contributed by atoms with Gasteiger partial charge in [0.2, 0.25) is 0 Å². The number of fused-ring (bicyclic) bond motifs is 6. The molecule has 10 rings (SSSR count). The first kappa shape index (κ1) is 29.8. The van der Waals surface area contributed by atoms with E-state index < -0.39 is 0 Å². The summed E-state index contributed by atoms with van der Waals surface area (Å²) in [5, 5.41) is 12.8. The topological polar surface area (TPSA) is 101 Å². The predicted octanol–water partition coefficient (Wildman–Crippen LogP) is 11.1. The number of nitrogens with zero attached hydrogens (tertiary/aromatic N) is 6. The molecule has 0 atom stereocenters. The summed E-state index contributed by atoms with van der Waals surface area (Å²) in [6.07, 6.45) is 0. The van der Waals surface area contributed by atoms with Crippen LogP contribution in [0.1, 0.15) is 5.56 Å². The molecule has 8 heteroatoms. The molecule has 7 nitrogen and oxygen atoms in total. The van der Waals surface area contributed by atoms with E-state index in [0.29, 0.717) is 40.0 Å². The Balaban J connectivity index is 1.18. The van der Waals surface area contributed by atoms with Gasteiger partial charge in [-0.25, -0.2) is 24.9 Å². The third kappa shape index (κ3) is 4.91. The molecule has 0 spiro atoms. The van der Waals surface area contributed by atoms with Gasteiger partial charge in [0.05, 0.1) is 27.5 Å². The van der Waals surface area contributed by atoms with Crippen molar-refractivity contribution < 1.29 is 4.42 Å². The van der Waals surface area contributed by atoms with Crippen LogP contribution >= 0.6 is 11.3 Å². The minimum atomic E-state index is 0.508.